The van der Waals surface area contributed by atoms with Crippen LogP contribution < -0.4 is 5.73 Å². The predicted octanol–water partition coefficient (Wildman–Crippen LogP) is 2.90. The summed E-state index contributed by atoms with van der Waals surface area (Å²) in [4.78, 5) is 6.59. The highest BCUT2D eigenvalue weighted by Crippen LogP contribution is 2.39. The molecule has 2 heterocycles. The molecule has 1 saturated heterocycles. The molecular weight excluding hydrogens is 334 g/mol. The molecule has 2 N–H and O–H groups in total. The third kappa shape index (κ3) is 2.83. The van der Waals surface area contributed by atoms with E-state index in [9.17, 15) is 0 Å². The van der Waals surface area contributed by atoms with Gasteiger partial charge in [0.1, 0.15) is 0 Å². The Bertz CT molecular complexity index is 473. The maximum Gasteiger partial charge on any atom is 0.0474 e. The van der Waals surface area contributed by atoms with Crippen LogP contribution in [0.3, 0.4) is 0 Å². The van der Waals surface area contributed by atoms with Gasteiger partial charge in [-0.15, -0.1) is 11.3 Å². The fourth-order valence-electron chi connectivity index (χ4n) is 3.54. The minimum absolute atomic E-state index is 0.151. The van der Waals surface area contributed by atoms with E-state index in [0.29, 0.717) is 6.04 Å². The second-order valence-electron chi connectivity index (χ2n) is 6.47. The highest BCUT2D eigenvalue weighted by Gasteiger charge is 2.48. The highest BCUT2D eigenvalue weighted by molar-refractivity contribution is 9.10. The van der Waals surface area contributed by atoms with Crippen molar-refractivity contribution in [3.8, 4) is 0 Å². The molecule has 0 aromatic carbocycles. The van der Waals surface area contributed by atoms with Crippen molar-refractivity contribution in [2.45, 2.75) is 50.4 Å². The molecule has 1 aromatic rings. The fourth-order valence-corrected chi connectivity index (χ4v) is 5.04. The van der Waals surface area contributed by atoms with Gasteiger partial charge in [0.15, 0.2) is 0 Å². The van der Waals surface area contributed by atoms with Gasteiger partial charge in [-0.25, -0.2) is 0 Å². The molecule has 20 heavy (non-hydrogen) atoms. The smallest absolute Gasteiger partial charge is 0.0474 e. The molecule has 0 bridgehead atoms. The molecular formula is C15H24BrN3S. The summed E-state index contributed by atoms with van der Waals surface area (Å²) in [5.74, 6) is 0. The summed E-state index contributed by atoms with van der Waals surface area (Å²) in [6.45, 7) is 5.26. The van der Waals surface area contributed by atoms with Crippen molar-refractivity contribution in [3.63, 3.8) is 0 Å². The molecule has 112 valence electrons. The summed E-state index contributed by atoms with van der Waals surface area (Å²) in [6, 6.07) is 3.73. The van der Waals surface area contributed by atoms with Crippen LogP contribution >= 0.6 is 27.3 Å². The van der Waals surface area contributed by atoms with E-state index in [-0.39, 0.29) is 5.54 Å². The number of rotatable bonds is 5. The fraction of sp³-hybridized carbons (Fsp3) is 0.733. The predicted molar refractivity (Wildman–Crippen MR) is 89.1 cm³/mol. The number of nitrogens with two attached hydrogens (primary N) is 1. The monoisotopic (exact) mass is 357 g/mol. The summed E-state index contributed by atoms with van der Waals surface area (Å²) in [7, 11) is 2.24. The van der Waals surface area contributed by atoms with Gasteiger partial charge in [0, 0.05) is 52.0 Å². The first-order valence-corrected chi connectivity index (χ1v) is 9.11. The van der Waals surface area contributed by atoms with E-state index in [0.717, 1.165) is 25.7 Å². The molecule has 2 unspecified atom stereocenters. The van der Waals surface area contributed by atoms with Crippen LogP contribution in [0.1, 0.15) is 31.1 Å². The Morgan fingerprint density at radius 1 is 1.55 bits per heavy atom. The Labute approximate surface area is 134 Å². The van der Waals surface area contributed by atoms with E-state index in [2.05, 4.69) is 51.1 Å². The number of hydrogen-bond donors (Lipinski definition) is 1. The van der Waals surface area contributed by atoms with Crippen LogP contribution in [0, 0.1) is 0 Å². The van der Waals surface area contributed by atoms with Crippen LogP contribution in [0.2, 0.25) is 0 Å². The molecule has 1 saturated carbocycles. The molecule has 1 aromatic heterocycles. The average molecular weight is 358 g/mol. The quantitative estimate of drug-likeness (QED) is 0.879. The standard InChI is InChI=1S/C15H24BrN3S/c1-11-6-15(9-17,10-19(11)13-3-4-13)18(2)7-14-5-12(16)8-20-14/h5,8,11,13H,3-4,6-7,9-10,17H2,1-2H3. The zero-order valence-electron chi connectivity index (χ0n) is 12.3. The molecule has 1 aliphatic carbocycles. The van der Waals surface area contributed by atoms with Crippen molar-refractivity contribution >= 4 is 27.3 Å². The van der Waals surface area contributed by atoms with Gasteiger partial charge >= 0.3 is 0 Å². The zero-order valence-corrected chi connectivity index (χ0v) is 14.7. The van der Waals surface area contributed by atoms with E-state index in [1.807, 2.05) is 11.3 Å². The van der Waals surface area contributed by atoms with Crippen LogP contribution in [0.15, 0.2) is 15.9 Å². The number of hydrogen-bond acceptors (Lipinski definition) is 4. The van der Waals surface area contributed by atoms with Crippen molar-refractivity contribution < 1.29 is 0 Å². The molecule has 1 aliphatic heterocycles. The summed E-state index contributed by atoms with van der Waals surface area (Å²) < 4.78 is 1.19. The van der Waals surface area contributed by atoms with Crippen LogP contribution in [-0.2, 0) is 6.54 Å². The number of thiophene rings is 1. The van der Waals surface area contributed by atoms with E-state index >= 15 is 0 Å². The van der Waals surface area contributed by atoms with Crippen molar-refractivity contribution in [2.75, 3.05) is 20.1 Å². The zero-order chi connectivity index (χ0) is 14.3. The number of nitrogens with zero attached hydrogens (tertiary/aromatic N) is 2. The van der Waals surface area contributed by atoms with Crippen LogP contribution in [0.4, 0.5) is 0 Å². The maximum absolute atomic E-state index is 6.20. The van der Waals surface area contributed by atoms with Crippen molar-refractivity contribution in [3.05, 3.63) is 20.8 Å². The highest BCUT2D eigenvalue weighted by atomic mass is 79.9. The molecule has 2 fully saturated rings. The molecule has 0 spiro atoms. The van der Waals surface area contributed by atoms with Gasteiger partial charge < -0.3 is 5.73 Å². The Morgan fingerprint density at radius 3 is 2.85 bits per heavy atom. The van der Waals surface area contributed by atoms with Gasteiger partial charge in [-0.2, -0.15) is 0 Å². The SMILES string of the molecule is CC1CC(CN)(N(C)Cc2cc(Br)cs2)CN1C1CC1. The van der Waals surface area contributed by atoms with E-state index in [4.69, 9.17) is 5.73 Å². The topological polar surface area (TPSA) is 32.5 Å². The van der Waals surface area contributed by atoms with Crippen LogP contribution in [0.5, 0.6) is 0 Å². The molecule has 3 rings (SSSR count). The first-order valence-electron chi connectivity index (χ1n) is 7.44. The molecule has 3 nitrogen and oxygen atoms in total. The van der Waals surface area contributed by atoms with E-state index in [1.165, 1.54) is 28.6 Å². The van der Waals surface area contributed by atoms with Crippen molar-refractivity contribution in [1.82, 2.24) is 9.80 Å². The molecule has 2 atom stereocenters. The molecule has 0 radical (unpaired) electrons. The second-order valence-corrected chi connectivity index (χ2v) is 8.38. The van der Waals surface area contributed by atoms with Gasteiger partial charge in [0.2, 0.25) is 0 Å². The van der Waals surface area contributed by atoms with Gasteiger partial charge in [-0.1, -0.05) is 0 Å². The second kappa shape index (κ2) is 5.69. The van der Waals surface area contributed by atoms with Gasteiger partial charge in [0.25, 0.3) is 0 Å². The largest absolute Gasteiger partial charge is 0.329 e. The van der Waals surface area contributed by atoms with Crippen LogP contribution in [0.25, 0.3) is 0 Å². The normalized spacial score (nSPS) is 31.4. The molecule has 5 heteroatoms. The minimum atomic E-state index is 0.151. The minimum Gasteiger partial charge on any atom is -0.329 e. The Kier molecular flexibility index (Phi) is 4.26. The van der Waals surface area contributed by atoms with Gasteiger partial charge in [-0.05, 0) is 55.2 Å². The summed E-state index contributed by atoms with van der Waals surface area (Å²) in [6.07, 6.45) is 3.96. The first kappa shape index (κ1) is 15.0. The Morgan fingerprint density at radius 2 is 2.30 bits per heavy atom. The maximum atomic E-state index is 6.20. The average Bonchev–Trinajstić information content (AvgIpc) is 3.09. The number of likely N-dealkylation sites (N-methyl/N-ethyl adjacent to an activating group) is 1. The van der Waals surface area contributed by atoms with Gasteiger partial charge in [0.05, 0.1) is 0 Å². The molecule has 0 amide bonds. The van der Waals surface area contributed by atoms with Gasteiger partial charge in [-0.3, -0.25) is 9.80 Å². The number of likely N-dealkylation sites (tertiary alicyclic amines) is 1. The van der Waals surface area contributed by atoms with E-state index < -0.39 is 0 Å². The lowest BCUT2D eigenvalue weighted by molar-refractivity contribution is 0.121. The third-order valence-corrected chi connectivity index (χ3v) is 6.62. The Hall–Kier alpha value is 0.0600. The van der Waals surface area contributed by atoms with Crippen molar-refractivity contribution in [1.29, 1.82) is 0 Å². The lowest BCUT2D eigenvalue weighted by Crippen LogP contribution is -2.53. The van der Waals surface area contributed by atoms with Crippen molar-refractivity contribution in [2.24, 2.45) is 5.73 Å². The molecule has 2 aliphatic rings. The lowest BCUT2D eigenvalue weighted by Gasteiger charge is -2.38. The number of halogens is 1. The van der Waals surface area contributed by atoms with E-state index in [1.54, 1.807) is 0 Å². The Balaban J connectivity index is 1.71. The first-order chi connectivity index (χ1) is 9.54. The lowest BCUT2D eigenvalue weighted by atomic mass is 9.94. The summed E-state index contributed by atoms with van der Waals surface area (Å²) in [5, 5.41) is 2.16. The summed E-state index contributed by atoms with van der Waals surface area (Å²) >= 11 is 5.36. The third-order valence-electron chi connectivity index (χ3n) is 4.94. The summed E-state index contributed by atoms with van der Waals surface area (Å²) in [5.41, 5.74) is 6.35. The van der Waals surface area contributed by atoms with Crippen LogP contribution in [-0.4, -0.2) is 47.6 Å².